The summed E-state index contributed by atoms with van der Waals surface area (Å²) < 4.78 is 0. The monoisotopic (exact) mass is 130 g/mol. The molecule has 44 valence electrons. The SMILES string of the molecule is C#CC#C[Si](C)(C)C.[H-].[Li+]. The summed E-state index contributed by atoms with van der Waals surface area (Å²) in [5, 5.41) is 0. The molecule has 0 aliphatic heterocycles. The molecule has 0 saturated carbocycles. The van der Waals surface area contributed by atoms with Gasteiger partial charge in [-0.2, -0.15) is 0 Å². The minimum Gasteiger partial charge on any atom is -1.00 e. The van der Waals surface area contributed by atoms with E-state index in [0.717, 1.165) is 0 Å². The molecule has 0 radical (unpaired) electrons. The number of hydrogen-bond acceptors (Lipinski definition) is 0. The van der Waals surface area contributed by atoms with Crippen molar-refractivity contribution in [3.8, 4) is 23.8 Å². The Morgan fingerprint density at radius 2 is 1.78 bits per heavy atom. The van der Waals surface area contributed by atoms with E-state index in [9.17, 15) is 0 Å². The fraction of sp³-hybridized carbons (Fsp3) is 0.429. The van der Waals surface area contributed by atoms with Gasteiger partial charge in [0.25, 0.3) is 0 Å². The van der Waals surface area contributed by atoms with Gasteiger partial charge in [0.1, 0.15) is 8.07 Å². The molecule has 0 heterocycles. The summed E-state index contributed by atoms with van der Waals surface area (Å²) in [5.74, 6) is 4.93. The molecule has 0 aliphatic rings. The molecule has 0 amide bonds. The normalized spacial score (nSPS) is 7.78. The average molecular weight is 130 g/mol. The number of hydrogen-bond donors (Lipinski definition) is 0. The maximum Gasteiger partial charge on any atom is 1.00 e. The van der Waals surface area contributed by atoms with Crippen LogP contribution in [0.4, 0.5) is 0 Å². The van der Waals surface area contributed by atoms with Gasteiger partial charge in [-0.3, -0.25) is 0 Å². The first-order chi connectivity index (χ1) is 3.56. The maximum atomic E-state index is 4.93. The molecule has 0 aromatic rings. The van der Waals surface area contributed by atoms with Crippen LogP contribution in [0.3, 0.4) is 0 Å². The molecule has 0 aromatic carbocycles. The van der Waals surface area contributed by atoms with Crippen molar-refractivity contribution in [1.82, 2.24) is 0 Å². The van der Waals surface area contributed by atoms with Crippen molar-refractivity contribution in [2.45, 2.75) is 19.6 Å². The van der Waals surface area contributed by atoms with Gasteiger partial charge in [0.05, 0.1) is 0 Å². The first kappa shape index (κ1) is 11.7. The van der Waals surface area contributed by atoms with Gasteiger partial charge < -0.3 is 1.43 Å². The van der Waals surface area contributed by atoms with Gasteiger partial charge in [0.15, 0.2) is 0 Å². The molecule has 0 saturated heterocycles. The van der Waals surface area contributed by atoms with Crippen molar-refractivity contribution < 1.29 is 20.3 Å². The molecule has 0 fully saturated rings. The Bertz CT molecular complexity index is 165. The summed E-state index contributed by atoms with van der Waals surface area (Å²) in [7, 11) is -1.18. The number of terminal acetylenes is 1. The van der Waals surface area contributed by atoms with E-state index in [4.69, 9.17) is 6.42 Å². The molecule has 0 aliphatic carbocycles. The van der Waals surface area contributed by atoms with Crippen molar-refractivity contribution in [2.75, 3.05) is 0 Å². The van der Waals surface area contributed by atoms with Crippen molar-refractivity contribution in [2.24, 2.45) is 0 Å². The third kappa shape index (κ3) is 11.5. The van der Waals surface area contributed by atoms with Crippen molar-refractivity contribution >= 4 is 8.07 Å². The zero-order chi connectivity index (χ0) is 6.62. The van der Waals surface area contributed by atoms with Crippen molar-refractivity contribution in [3.63, 3.8) is 0 Å². The van der Waals surface area contributed by atoms with Crippen LogP contribution in [-0.2, 0) is 0 Å². The second kappa shape index (κ2) is 4.78. The van der Waals surface area contributed by atoms with Crippen LogP contribution in [0.25, 0.3) is 0 Å². The van der Waals surface area contributed by atoms with Crippen molar-refractivity contribution in [1.29, 1.82) is 0 Å². The number of rotatable bonds is 0. The molecule has 0 N–H and O–H groups in total. The van der Waals surface area contributed by atoms with Gasteiger partial charge in [-0.05, 0) is 11.8 Å². The van der Waals surface area contributed by atoms with Crippen LogP contribution in [0.15, 0.2) is 0 Å². The van der Waals surface area contributed by atoms with Crippen molar-refractivity contribution in [3.05, 3.63) is 0 Å². The second-order valence-electron chi connectivity index (χ2n) is 2.64. The summed E-state index contributed by atoms with van der Waals surface area (Å²) >= 11 is 0. The minimum absolute atomic E-state index is 0. The Morgan fingerprint density at radius 1 is 1.33 bits per heavy atom. The standard InChI is InChI=1S/C7H10Si.Li.H/c1-5-6-7-8(2,3)4;;/h1H,2-4H3;;/q;+1;-1. The van der Waals surface area contributed by atoms with Crippen LogP contribution in [0.2, 0.25) is 19.6 Å². The second-order valence-corrected chi connectivity index (χ2v) is 7.39. The van der Waals surface area contributed by atoms with Gasteiger partial charge in [0.2, 0.25) is 0 Å². The van der Waals surface area contributed by atoms with E-state index in [0.29, 0.717) is 0 Å². The average Bonchev–Trinajstić information content (AvgIpc) is 1.59. The fourth-order valence-electron chi connectivity index (χ4n) is 0.224. The Hall–Kier alpha value is -0.0657. The van der Waals surface area contributed by atoms with Crippen LogP contribution in [0.1, 0.15) is 1.43 Å². The van der Waals surface area contributed by atoms with E-state index in [1.807, 2.05) is 0 Å². The molecule has 0 bridgehead atoms. The molecule has 0 nitrogen and oxygen atoms in total. The van der Waals surface area contributed by atoms with Gasteiger partial charge >= 0.3 is 18.9 Å². The Kier molecular flexibility index (Phi) is 6.21. The van der Waals surface area contributed by atoms with E-state index in [1.54, 1.807) is 0 Å². The molecule has 0 unspecified atom stereocenters. The molecule has 0 rings (SSSR count). The molecule has 0 spiro atoms. The predicted molar refractivity (Wildman–Crippen MR) is 41.1 cm³/mol. The third-order valence-corrected chi connectivity index (χ3v) is 1.38. The van der Waals surface area contributed by atoms with Crippen LogP contribution in [0, 0.1) is 23.8 Å². The van der Waals surface area contributed by atoms with Crippen LogP contribution in [-0.4, -0.2) is 8.07 Å². The summed E-state index contributed by atoms with van der Waals surface area (Å²) in [6, 6.07) is 0. The molecular weight excluding hydrogens is 119 g/mol. The van der Waals surface area contributed by atoms with Gasteiger partial charge in [0, 0.05) is 0 Å². The summed E-state index contributed by atoms with van der Waals surface area (Å²) in [6.07, 6.45) is 4.93. The Morgan fingerprint density at radius 3 is 1.89 bits per heavy atom. The zero-order valence-electron chi connectivity index (χ0n) is 7.58. The smallest absolute Gasteiger partial charge is 1.00 e. The van der Waals surface area contributed by atoms with Crippen LogP contribution >= 0.6 is 0 Å². The summed E-state index contributed by atoms with van der Waals surface area (Å²) in [4.78, 5) is 0. The molecule has 0 aromatic heterocycles. The van der Waals surface area contributed by atoms with Gasteiger partial charge in [-0.1, -0.05) is 19.6 Å². The fourth-order valence-corrected chi connectivity index (χ4v) is 0.671. The first-order valence-electron chi connectivity index (χ1n) is 2.54. The molecular formula is C7H11LiSi. The van der Waals surface area contributed by atoms with E-state index in [-0.39, 0.29) is 20.3 Å². The molecule has 2 heteroatoms. The molecule has 0 atom stereocenters. The van der Waals surface area contributed by atoms with E-state index < -0.39 is 8.07 Å². The summed E-state index contributed by atoms with van der Waals surface area (Å²) in [6.45, 7) is 6.49. The largest absolute Gasteiger partial charge is 1.00 e. The minimum atomic E-state index is -1.18. The maximum absolute atomic E-state index is 4.93. The van der Waals surface area contributed by atoms with E-state index in [2.05, 4.69) is 37.0 Å². The quantitative estimate of drug-likeness (QED) is 0.280. The van der Waals surface area contributed by atoms with Crippen LogP contribution < -0.4 is 18.9 Å². The summed E-state index contributed by atoms with van der Waals surface area (Å²) in [5.41, 5.74) is 3.02. The third-order valence-electron chi connectivity index (χ3n) is 0.510. The molecule has 9 heavy (non-hydrogen) atoms. The Labute approximate surface area is 72.1 Å². The van der Waals surface area contributed by atoms with Gasteiger partial charge in [-0.25, -0.2) is 0 Å². The van der Waals surface area contributed by atoms with Crippen LogP contribution in [0.5, 0.6) is 0 Å². The van der Waals surface area contributed by atoms with E-state index >= 15 is 0 Å². The first-order valence-corrected chi connectivity index (χ1v) is 6.04. The Balaban J connectivity index is -0.000000245. The van der Waals surface area contributed by atoms with Gasteiger partial charge in [-0.15, -0.1) is 12.0 Å². The predicted octanol–water partition coefficient (Wildman–Crippen LogP) is -1.38. The topological polar surface area (TPSA) is 0 Å². The zero-order valence-corrected chi connectivity index (χ0v) is 7.58. The van der Waals surface area contributed by atoms with E-state index in [1.165, 1.54) is 0 Å².